The lowest BCUT2D eigenvalue weighted by Crippen LogP contribution is -2.36. The van der Waals surface area contributed by atoms with Crippen LogP contribution in [0.5, 0.6) is 11.6 Å². The van der Waals surface area contributed by atoms with Crippen LogP contribution < -0.4 is 10.1 Å². The maximum absolute atomic E-state index is 14.3. The average molecular weight is 421 g/mol. The highest BCUT2D eigenvalue weighted by Gasteiger charge is 2.17. The van der Waals surface area contributed by atoms with E-state index < -0.39 is 11.7 Å². The van der Waals surface area contributed by atoms with E-state index in [2.05, 4.69) is 20.3 Å². The van der Waals surface area contributed by atoms with Gasteiger partial charge in [0.1, 0.15) is 29.4 Å². The Morgan fingerprint density at radius 3 is 2.74 bits per heavy atom. The van der Waals surface area contributed by atoms with Gasteiger partial charge in [0.15, 0.2) is 5.84 Å². The zero-order valence-electron chi connectivity index (χ0n) is 16.8. The molecule has 0 atom stereocenters. The average Bonchev–Trinajstić information content (AvgIpc) is 2.76. The first-order valence-corrected chi connectivity index (χ1v) is 9.28. The van der Waals surface area contributed by atoms with Crippen LogP contribution in [0.15, 0.2) is 55.0 Å². The minimum Gasteiger partial charge on any atom is -0.439 e. The quantitative estimate of drug-likeness (QED) is 0.394. The molecule has 9 nitrogen and oxygen atoms in total. The van der Waals surface area contributed by atoms with Crippen LogP contribution in [0.2, 0.25) is 0 Å². The molecule has 2 aromatic heterocycles. The van der Waals surface area contributed by atoms with Crippen molar-refractivity contribution in [2.45, 2.75) is 19.9 Å². The zero-order valence-corrected chi connectivity index (χ0v) is 16.8. The topological polar surface area (TPSA) is 128 Å². The molecule has 1 amide bonds. The number of anilines is 1. The van der Waals surface area contributed by atoms with Gasteiger partial charge in [-0.05, 0) is 44.2 Å². The molecule has 1 aromatic carbocycles. The van der Waals surface area contributed by atoms with Crippen molar-refractivity contribution in [3.8, 4) is 11.6 Å². The van der Waals surface area contributed by atoms with E-state index in [0.29, 0.717) is 0 Å². The van der Waals surface area contributed by atoms with Crippen LogP contribution >= 0.6 is 0 Å². The summed E-state index contributed by atoms with van der Waals surface area (Å²) in [5.74, 6) is -0.829. The molecule has 3 aromatic rings. The van der Waals surface area contributed by atoms with E-state index in [1.165, 1.54) is 41.7 Å². The number of carbonyl (C=O) groups excluding carboxylic acids is 1. The normalized spacial score (nSPS) is 10.5. The molecule has 2 heterocycles. The summed E-state index contributed by atoms with van der Waals surface area (Å²) < 4.78 is 19.8. The highest BCUT2D eigenvalue weighted by Crippen LogP contribution is 2.22. The van der Waals surface area contributed by atoms with E-state index in [9.17, 15) is 9.18 Å². The fourth-order valence-corrected chi connectivity index (χ4v) is 2.63. The summed E-state index contributed by atoms with van der Waals surface area (Å²) in [6.07, 6.45) is 3.84. The van der Waals surface area contributed by atoms with Gasteiger partial charge in [-0.2, -0.15) is 0 Å². The van der Waals surface area contributed by atoms with Crippen molar-refractivity contribution in [2.75, 3.05) is 5.32 Å². The number of halogens is 1. The van der Waals surface area contributed by atoms with Crippen molar-refractivity contribution in [1.82, 2.24) is 19.9 Å². The number of aromatic nitrogens is 3. The molecule has 0 aliphatic carbocycles. The Balaban J connectivity index is 1.79. The maximum Gasteiger partial charge on any atom is 0.259 e. The summed E-state index contributed by atoms with van der Waals surface area (Å²) >= 11 is 0. The summed E-state index contributed by atoms with van der Waals surface area (Å²) in [5, 5.41) is 18.2. The number of pyridine rings is 1. The fraction of sp³-hybridized carbons (Fsp3) is 0.143. The van der Waals surface area contributed by atoms with Gasteiger partial charge in [0.25, 0.3) is 5.91 Å². The van der Waals surface area contributed by atoms with Crippen molar-refractivity contribution in [3.63, 3.8) is 0 Å². The minimum absolute atomic E-state index is 0.00697. The number of benzene rings is 1. The van der Waals surface area contributed by atoms with E-state index in [0.717, 1.165) is 12.4 Å². The summed E-state index contributed by atoms with van der Waals surface area (Å²) in [5.41, 5.74) is 0.0217. The molecule has 0 saturated heterocycles. The summed E-state index contributed by atoms with van der Waals surface area (Å²) in [6, 6.07) is 9.90. The Morgan fingerprint density at radius 1 is 1.26 bits per heavy atom. The van der Waals surface area contributed by atoms with Crippen molar-refractivity contribution in [2.24, 2.45) is 0 Å². The zero-order chi connectivity index (χ0) is 22.4. The standard InChI is InChI=1S/C21H20FN7O2/c1-13(2)29(11-23)20(24)17-4-3-5-18(27-17)28-21(30)15-10-14(6-7-16(15)22)31-19-8-9-25-12-26-19/h3-13,23-24H,1-2H3,(H,27,28,30). The van der Waals surface area contributed by atoms with Crippen molar-refractivity contribution < 1.29 is 13.9 Å². The van der Waals surface area contributed by atoms with Crippen LogP contribution in [0.25, 0.3) is 0 Å². The predicted molar refractivity (Wildman–Crippen MR) is 113 cm³/mol. The lowest BCUT2D eigenvalue weighted by Gasteiger charge is -2.23. The smallest absolute Gasteiger partial charge is 0.259 e. The second kappa shape index (κ2) is 9.53. The third-order valence-corrected chi connectivity index (χ3v) is 4.15. The van der Waals surface area contributed by atoms with Crippen LogP contribution in [0.3, 0.4) is 0 Å². The van der Waals surface area contributed by atoms with E-state index in [1.54, 1.807) is 12.1 Å². The molecule has 0 bridgehead atoms. The summed E-state index contributed by atoms with van der Waals surface area (Å²) in [4.78, 5) is 26.0. The third kappa shape index (κ3) is 5.24. The number of amides is 1. The van der Waals surface area contributed by atoms with E-state index in [1.807, 2.05) is 13.8 Å². The monoisotopic (exact) mass is 421 g/mol. The number of nitrogens with one attached hydrogen (secondary N) is 3. The number of amidine groups is 1. The molecule has 0 unspecified atom stereocenters. The van der Waals surface area contributed by atoms with Crippen LogP contribution in [-0.4, -0.2) is 44.0 Å². The molecule has 3 rings (SSSR count). The number of hydrogen-bond acceptors (Lipinski definition) is 7. The lowest BCUT2D eigenvalue weighted by atomic mass is 10.2. The minimum atomic E-state index is -0.730. The molecule has 3 N–H and O–H groups in total. The van der Waals surface area contributed by atoms with Gasteiger partial charge in [0, 0.05) is 18.3 Å². The number of hydrogen-bond donors (Lipinski definition) is 3. The maximum atomic E-state index is 14.3. The molecular formula is C21H20FN7O2. The largest absolute Gasteiger partial charge is 0.439 e. The van der Waals surface area contributed by atoms with Gasteiger partial charge in [-0.25, -0.2) is 19.3 Å². The summed E-state index contributed by atoms with van der Waals surface area (Å²) in [7, 11) is 0. The van der Waals surface area contributed by atoms with Gasteiger partial charge < -0.3 is 15.0 Å². The molecule has 0 fully saturated rings. The Hall–Kier alpha value is -4.21. The predicted octanol–water partition coefficient (Wildman–Crippen LogP) is 3.70. The molecule has 10 heteroatoms. The van der Waals surface area contributed by atoms with Crippen LogP contribution in [-0.2, 0) is 0 Å². The number of ether oxygens (including phenoxy) is 1. The first-order valence-electron chi connectivity index (χ1n) is 9.28. The van der Waals surface area contributed by atoms with E-state index in [-0.39, 0.29) is 40.6 Å². The third-order valence-electron chi connectivity index (χ3n) is 4.15. The highest BCUT2D eigenvalue weighted by molar-refractivity contribution is 6.05. The SMILES string of the molecule is CC(C)N(C=N)C(=N)c1cccc(NC(=O)c2cc(Oc3ccncn3)ccc2F)n1. The Bertz CT molecular complexity index is 1110. The van der Waals surface area contributed by atoms with Gasteiger partial charge >= 0.3 is 0 Å². The van der Waals surface area contributed by atoms with E-state index >= 15 is 0 Å². The van der Waals surface area contributed by atoms with Gasteiger partial charge in [-0.3, -0.25) is 15.6 Å². The lowest BCUT2D eigenvalue weighted by molar-refractivity contribution is 0.102. The second-order valence-corrected chi connectivity index (χ2v) is 6.63. The number of carbonyl (C=O) groups is 1. The molecule has 0 aliphatic heterocycles. The summed E-state index contributed by atoms with van der Waals surface area (Å²) in [6.45, 7) is 3.68. The molecule has 0 saturated carbocycles. The van der Waals surface area contributed by atoms with E-state index in [4.69, 9.17) is 15.6 Å². The number of rotatable bonds is 7. The first-order chi connectivity index (χ1) is 14.9. The number of nitrogens with zero attached hydrogens (tertiary/aromatic N) is 4. The molecule has 158 valence electrons. The van der Waals surface area contributed by atoms with Gasteiger partial charge in [0.2, 0.25) is 5.88 Å². The van der Waals surface area contributed by atoms with Crippen LogP contribution in [0.4, 0.5) is 10.2 Å². The second-order valence-electron chi connectivity index (χ2n) is 6.63. The van der Waals surface area contributed by atoms with Gasteiger partial charge in [0.05, 0.1) is 11.9 Å². The van der Waals surface area contributed by atoms with Gasteiger partial charge in [-0.15, -0.1) is 0 Å². The van der Waals surface area contributed by atoms with Crippen molar-refractivity contribution in [3.05, 3.63) is 72.1 Å². The van der Waals surface area contributed by atoms with Crippen molar-refractivity contribution in [1.29, 1.82) is 10.8 Å². The van der Waals surface area contributed by atoms with Crippen LogP contribution in [0, 0.1) is 16.6 Å². The molecular weight excluding hydrogens is 401 g/mol. The molecule has 0 aliphatic rings. The fourth-order valence-electron chi connectivity index (χ4n) is 2.63. The van der Waals surface area contributed by atoms with Gasteiger partial charge in [-0.1, -0.05) is 6.07 Å². The Kier molecular flexibility index (Phi) is 6.61. The highest BCUT2D eigenvalue weighted by atomic mass is 19.1. The van der Waals surface area contributed by atoms with Crippen molar-refractivity contribution >= 4 is 23.9 Å². The molecule has 0 spiro atoms. The first kappa shape index (κ1) is 21.5. The van der Waals surface area contributed by atoms with Crippen LogP contribution in [0.1, 0.15) is 29.9 Å². The molecule has 0 radical (unpaired) electrons. The Morgan fingerprint density at radius 2 is 2.06 bits per heavy atom. The molecule has 31 heavy (non-hydrogen) atoms. The Labute approximate surface area is 178 Å².